The number of unbranched alkanes of at least 4 members (excludes halogenated alkanes) is 6. The van der Waals surface area contributed by atoms with E-state index in [2.05, 4.69) is 6.92 Å². The first-order chi connectivity index (χ1) is 10.6. The number of hydrogen-bond acceptors (Lipinski definition) is 5. The fourth-order valence-electron chi connectivity index (χ4n) is 3.53. The molecule has 3 N–H and O–H groups in total. The summed E-state index contributed by atoms with van der Waals surface area (Å²) < 4.78 is 4.97. The predicted octanol–water partition coefficient (Wildman–Crippen LogP) is 1.41. The average molecular weight is 315 g/mol. The number of hydrogen-bond donors (Lipinski definition) is 3. The summed E-state index contributed by atoms with van der Waals surface area (Å²) in [6, 6.07) is -1.01. The van der Waals surface area contributed by atoms with Crippen LogP contribution in [0.1, 0.15) is 58.3 Å². The molecule has 2 heterocycles. The van der Waals surface area contributed by atoms with Gasteiger partial charge in [0, 0.05) is 0 Å². The smallest absolute Gasteiger partial charge is 0.410 e. The Labute approximate surface area is 132 Å². The van der Waals surface area contributed by atoms with Crippen LogP contribution in [-0.4, -0.2) is 63.3 Å². The van der Waals surface area contributed by atoms with E-state index in [1.807, 2.05) is 0 Å². The van der Waals surface area contributed by atoms with Gasteiger partial charge in [0.25, 0.3) is 0 Å². The third-order valence-corrected chi connectivity index (χ3v) is 4.89. The van der Waals surface area contributed by atoms with Gasteiger partial charge in [-0.05, 0) is 6.42 Å². The highest BCUT2D eigenvalue weighted by atomic mass is 16.6. The van der Waals surface area contributed by atoms with Crippen molar-refractivity contribution in [1.29, 1.82) is 0 Å². The molecule has 2 aliphatic heterocycles. The molecular weight excluding hydrogens is 286 g/mol. The monoisotopic (exact) mass is 315 g/mol. The largest absolute Gasteiger partial charge is 0.447 e. The van der Waals surface area contributed by atoms with E-state index in [1.54, 1.807) is 0 Å². The van der Waals surface area contributed by atoms with Crippen LogP contribution in [0.2, 0.25) is 0 Å². The first-order valence-corrected chi connectivity index (χ1v) is 8.57. The lowest BCUT2D eigenvalue weighted by molar-refractivity contribution is -0.143. The molecule has 0 aliphatic carbocycles. The molecule has 0 aromatic rings. The Morgan fingerprint density at radius 2 is 1.64 bits per heavy atom. The van der Waals surface area contributed by atoms with Gasteiger partial charge in [-0.2, -0.15) is 0 Å². The van der Waals surface area contributed by atoms with Crippen molar-refractivity contribution in [3.63, 3.8) is 0 Å². The van der Waals surface area contributed by atoms with Crippen LogP contribution >= 0.6 is 0 Å². The normalized spacial score (nSPS) is 34.6. The van der Waals surface area contributed by atoms with Crippen LogP contribution in [0.15, 0.2) is 0 Å². The Balaban J connectivity index is 1.81. The number of aliphatic hydroxyl groups is 3. The first kappa shape index (κ1) is 17.5. The van der Waals surface area contributed by atoms with E-state index in [0.29, 0.717) is 6.42 Å². The lowest BCUT2D eigenvalue weighted by Crippen LogP contribution is -2.65. The molecular formula is C16H29NO5. The van der Waals surface area contributed by atoms with E-state index >= 15 is 0 Å². The number of carbonyl (C=O) groups is 1. The van der Waals surface area contributed by atoms with Gasteiger partial charge in [0.15, 0.2) is 0 Å². The maximum absolute atomic E-state index is 11.8. The van der Waals surface area contributed by atoms with Gasteiger partial charge in [-0.3, -0.25) is 4.90 Å². The van der Waals surface area contributed by atoms with Crippen LogP contribution in [0.3, 0.4) is 0 Å². The number of aliphatic hydroxyl groups excluding tert-OH is 3. The standard InChI is InChI=1S/C16H29NO5/c1-2-3-4-5-6-7-8-9-11-13(18)15(20)14(19)12-10-22-16(21)17(11)12/h11-15,18-20H,2-10H2,1H3/t11-,12-,13+,14+,15-/m1/s1. The molecule has 128 valence electrons. The number of amides is 1. The SMILES string of the molecule is CCCCCCCCC[C@@H]1[C@H](O)[C@@H](O)[C@@H](O)[C@H]2COC(=O)N12. The minimum absolute atomic E-state index is 0.0807. The quantitative estimate of drug-likeness (QED) is 0.589. The zero-order valence-electron chi connectivity index (χ0n) is 13.4. The molecule has 2 fully saturated rings. The van der Waals surface area contributed by atoms with Crippen molar-refractivity contribution in [3.8, 4) is 0 Å². The molecule has 2 aliphatic rings. The van der Waals surface area contributed by atoms with Crippen LogP contribution in [-0.2, 0) is 4.74 Å². The molecule has 6 heteroatoms. The fourth-order valence-corrected chi connectivity index (χ4v) is 3.53. The van der Waals surface area contributed by atoms with Crippen molar-refractivity contribution in [2.24, 2.45) is 0 Å². The van der Waals surface area contributed by atoms with Crippen molar-refractivity contribution in [1.82, 2.24) is 4.90 Å². The molecule has 0 aromatic carbocycles. The van der Waals surface area contributed by atoms with E-state index in [1.165, 1.54) is 30.6 Å². The van der Waals surface area contributed by atoms with Crippen LogP contribution in [0.5, 0.6) is 0 Å². The highest BCUT2D eigenvalue weighted by Crippen LogP contribution is 2.32. The Hall–Kier alpha value is -0.850. The maximum atomic E-state index is 11.8. The summed E-state index contributed by atoms with van der Waals surface area (Å²) in [5.74, 6) is 0. The topological polar surface area (TPSA) is 90.2 Å². The van der Waals surface area contributed by atoms with Gasteiger partial charge < -0.3 is 20.1 Å². The number of carbonyl (C=O) groups excluding carboxylic acids is 1. The zero-order chi connectivity index (χ0) is 16.1. The van der Waals surface area contributed by atoms with Gasteiger partial charge in [-0.25, -0.2) is 4.79 Å². The van der Waals surface area contributed by atoms with Crippen LogP contribution < -0.4 is 0 Å². The van der Waals surface area contributed by atoms with Gasteiger partial charge in [0.2, 0.25) is 0 Å². The van der Waals surface area contributed by atoms with Gasteiger partial charge in [0.05, 0.1) is 12.1 Å². The lowest BCUT2D eigenvalue weighted by atomic mass is 9.86. The van der Waals surface area contributed by atoms with Crippen LogP contribution in [0.25, 0.3) is 0 Å². The number of nitrogens with zero attached hydrogens (tertiary/aromatic N) is 1. The molecule has 2 saturated heterocycles. The Morgan fingerprint density at radius 3 is 2.32 bits per heavy atom. The summed E-state index contributed by atoms with van der Waals surface area (Å²) in [6.07, 6.45) is 4.74. The van der Waals surface area contributed by atoms with E-state index in [9.17, 15) is 20.1 Å². The van der Waals surface area contributed by atoms with Gasteiger partial charge in [-0.1, -0.05) is 51.9 Å². The third kappa shape index (κ3) is 3.73. The average Bonchev–Trinajstić information content (AvgIpc) is 2.89. The lowest BCUT2D eigenvalue weighted by Gasteiger charge is -2.44. The molecule has 6 nitrogen and oxygen atoms in total. The molecule has 0 bridgehead atoms. The third-order valence-electron chi connectivity index (χ3n) is 4.89. The number of cyclic esters (lactones) is 1. The van der Waals surface area contributed by atoms with E-state index < -0.39 is 36.5 Å². The Bertz CT molecular complexity index is 364. The second kappa shape index (κ2) is 8.13. The van der Waals surface area contributed by atoms with E-state index in [0.717, 1.165) is 19.3 Å². The molecule has 0 aromatic heterocycles. The number of rotatable bonds is 8. The summed E-state index contributed by atoms with van der Waals surface area (Å²) in [5, 5.41) is 30.1. The highest BCUT2D eigenvalue weighted by molar-refractivity contribution is 5.71. The van der Waals surface area contributed by atoms with E-state index in [4.69, 9.17) is 4.74 Å². The van der Waals surface area contributed by atoms with Crippen molar-refractivity contribution in [2.45, 2.75) is 88.7 Å². The number of fused-ring (bicyclic) bond motifs is 1. The summed E-state index contributed by atoms with van der Waals surface area (Å²) in [4.78, 5) is 13.3. The Kier molecular flexibility index (Phi) is 6.47. The molecule has 0 unspecified atom stereocenters. The van der Waals surface area contributed by atoms with Gasteiger partial charge >= 0.3 is 6.09 Å². The van der Waals surface area contributed by atoms with Crippen molar-refractivity contribution < 1.29 is 24.9 Å². The molecule has 0 radical (unpaired) electrons. The van der Waals surface area contributed by atoms with Crippen molar-refractivity contribution in [2.75, 3.05) is 6.61 Å². The van der Waals surface area contributed by atoms with Crippen molar-refractivity contribution in [3.05, 3.63) is 0 Å². The minimum atomic E-state index is -1.22. The number of ether oxygens (including phenoxy) is 1. The van der Waals surface area contributed by atoms with Crippen LogP contribution in [0, 0.1) is 0 Å². The summed E-state index contributed by atoms with van der Waals surface area (Å²) in [5.41, 5.74) is 0. The molecule has 22 heavy (non-hydrogen) atoms. The zero-order valence-corrected chi connectivity index (χ0v) is 13.4. The molecule has 5 atom stereocenters. The molecule has 2 rings (SSSR count). The van der Waals surface area contributed by atoms with E-state index in [-0.39, 0.29) is 6.61 Å². The minimum Gasteiger partial charge on any atom is -0.447 e. The first-order valence-electron chi connectivity index (χ1n) is 8.57. The molecule has 0 spiro atoms. The predicted molar refractivity (Wildman–Crippen MR) is 81.4 cm³/mol. The number of piperidine rings is 1. The van der Waals surface area contributed by atoms with Crippen LogP contribution in [0.4, 0.5) is 4.79 Å². The van der Waals surface area contributed by atoms with Crippen molar-refractivity contribution >= 4 is 6.09 Å². The van der Waals surface area contributed by atoms with Gasteiger partial charge in [0.1, 0.15) is 24.9 Å². The molecule has 1 amide bonds. The fraction of sp³-hybridized carbons (Fsp3) is 0.938. The summed E-state index contributed by atoms with van der Waals surface area (Å²) in [7, 11) is 0. The molecule has 0 saturated carbocycles. The summed E-state index contributed by atoms with van der Waals surface area (Å²) >= 11 is 0. The van der Waals surface area contributed by atoms with Gasteiger partial charge in [-0.15, -0.1) is 0 Å². The Morgan fingerprint density at radius 1 is 1.00 bits per heavy atom. The second-order valence-electron chi connectivity index (χ2n) is 6.50. The highest BCUT2D eigenvalue weighted by Gasteiger charge is 2.53. The maximum Gasteiger partial charge on any atom is 0.410 e. The second-order valence-corrected chi connectivity index (χ2v) is 6.50. The summed E-state index contributed by atoms with van der Waals surface area (Å²) in [6.45, 7) is 2.27.